The third-order valence-corrected chi connectivity index (χ3v) is 4.23. The molecule has 2 unspecified atom stereocenters. The van der Waals surface area contributed by atoms with Crippen molar-refractivity contribution >= 4 is 0 Å². The quantitative estimate of drug-likeness (QED) is 0.855. The molecule has 2 aliphatic heterocycles. The summed E-state index contributed by atoms with van der Waals surface area (Å²) in [6, 6.07) is 1.43. The van der Waals surface area contributed by atoms with E-state index in [0.717, 1.165) is 19.1 Å². The Morgan fingerprint density at radius 2 is 2.29 bits per heavy atom. The van der Waals surface area contributed by atoms with Crippen LogP contribution < -0.4 is 5.32 Å². The highest BCUT2D eigenvalue weighted by atomic mass is 15.3. The van der Waals surface area contributed by atoms with Gasteiger partial charge in [-0.15, -0.1) is 0 Å². The van der Waals surface area contributed by atoms with Gasteiger partial charge in [0.25, 0.3) is 0 Å². The molecule has 1 aromatic rings. The van der Waals surface area contributed by atoms with Crippen molar-refractivity contribution in [1.29, 1.82) is 0 Å². The summed E-state index contributed by atoms with van der Waals surface area (Å²) in [4.78, 5) is 6.99. The van der Waals surface area contributed by atoms with Crippen LogP contribution in [0.25, 0.3) is 0 Å². The lowest BCUT2D eigenvalue weighted by Gasteiger charge is -2.23. The van der Waals surface area contributed by atoms with Crippen LogP contribution in [0.3, 0.4) is 0 Å². The predicted molar refractivity (Wildman–Crippen MR) is 67.9 cm³/mol. The smallest absolute Gasteiger partial charge is 0.0951 e. The maximum atomic E-state index is 4.34. The van der Waals surface area contributed by atoms with E-state index >= 15 is 0 Å². The van der Waals surface area contributed by atoms with Crippen LogP contribution in [0.15, 0.2) is 12.5 Å². The van der Waals surface area contributed by atoms with E-state index < -0.39 is 0 Å². The van der Waals surface area contributed by atoms with Gasteiger partial charge in [-0.25, -0.2) is 4.98 Å². The molecule has 17 heavy (non-hydrogen) atoms. The van der Waals surface area contributed by atoms with Crippen molar-refractivity contribution in [2.45, 2.75) is 44.8 Å². The molecule has 3 rings (SSSR count). The van der Waals surface area contributed by atoms with E-state index in [1.54, 1.807) is 0 Å². The van der Waals surface area contributed by atoms with Gasteiger partial charge in [-0.2, -0.15) is 0 Å². The number of imidazole rings is 1. The summed E-state index contributed by atoms with van der Waals surface area (Å²) >= 11 is 0. The van der Waals surface area contributed by atoms with Crippen molar-refractivity contribution < 1.29 is 0 Å². The van der Waals surface area contributed by atoms with Gasteiger partial charge in [0.05, 0.1) is 18.1 Å². The molecule has 0 radical (unpaired) electrons. The molecule has 0 bridgehead atoms. The first-order valence-corrected chi connectivity index (χ1v) is 6.85. The average Bonchev–Trinajstić information content (AvgIpc) is 3.01. The van der Waals surface area contributed by atoms with E-state index in [9.17, 15) is 0 Å². The van der Waals surface area contributed by atoms with E-state index in [0.29, 0.717) is 6.04 Å². The Labute approximate surface area is 103 Å². The van der Waals surface area contributed by atoms with Gasteiger partial charge in [0.2, 0.25) is 0 Å². The summed E-state index contributed by atoms with van der Waals surface area (Å²) in [5.41, 5.74) is 1.34. The largest absolute Gasteiger partial charge is 0.329 e. The lowest BCUT2D eigenvalue weighted by molar-refractivity contribution is 0.287. The minimum atomic E-state index is 0.661. The Bertz CT molecular complexity index is 373. The Morgan fingerprint density at radius 3 is 3.18 bits per heavy atom. The fourth-order valence-corrected chi connectivity index (χ4v) is 3.40. The number of fused-ring (bicyclic) bond motifs is 1. The monoisotopic (exact) mass is 234 g/mol. The van der Waals surface area contributed by atoms with Crippen LogP contribution in [0.1, 0.15) is 37.9 Å². The van der Waals surface area contributed by atoms with E-state index in [1.807, 2.05) is 12.5 Å². The summed E-state index contributed by atoms with van der Waals surface area (Å²) in [5.74, 6) is 0. The minimum absolute atomic E-state index is 0.661. The molecule has 2 fully saturated rings. The van der Waals surface area contributed by atoms with Gasteiger partial charge < -0.3 is 9.88 Å². The molecule has 0 spiro atoms. The zero-order valence-electron chi connectivity index (χ0n) is 10.6. The fraction of sp³-hybridized carbons (Fsp3) is 0.769. The molecule has 94 valence electrons. The van der Waals surface area contributed by atoms with Crippen LogP contribution in [0, 0.1) is 0 Å². The molecule has 4 nitrogen and oxygen atoms in total. The van der Waals surface area contributed by atoms with Gasteiger partial charge in [0.1, 0.15) is 0 Å². The first-order chi connectivity index (χ1) is 8.40. The van der Waals surface area contributed by atoms with Crippen molar-refractivity contribution in [2.24, 2.45) is 0 Å². The second-order valence-corrected chi connectivity index (χ2v) is 5.17. The van der Waals surface area contributed by atoms with Crippen molar-refractivity contribution in [2.75, 3.05) is 19.6 Å². The molecule has 0 amide bonds. The molecule has 3 heterocycles. The number of aromatic nitrogens is 2. The van der Waals surface area contributed by atoms with E-state index in [4.69, 9.17) is 0 Å². The Kier molecular flexibility index (Phi) is 3.16. The second-order valence-electron chi connectivity index (χ2n) is 5.17. The highest BCUT2D eigenvalue weighted by Crippen LogP contribution is 2.36. The van der Waals surface area contributed by atoms with Gasteiger partial charge in [0, 0.05) is 25.3 Å². The standard InChI is InChI=1S/C13H22N4/c1-2-14-8-11-9-15-10-17(11)13-5-7-16-6-3-4-12(13)16/h9-10,12-14H,2-8H2,1H3. The van der Waals surface area contributed by atoms with Crippen LogP contribution in [-0.4, -0.2) is 40.1 Å². The predicted octanol–water partition coefficient (Wildman–Crippen LogP) is 1.40. The highest BCUT2D eigenvalue weighted by molar-refractivity contribution is 5.05. The summed E-state index contributed by atoms with van der Waals surface area (Å²) in [7, 11) is 0. The van der Waals surface area contributed by atoms with Crippen LogP contribution in [0.4, 0.5) is 0 Å². The van der Waals surface area contributed by atoms with Gasteiger partial charge in [-0.05, 0) is 32.4 Å². The molecule has 0 aromatic carbocycles. The zero-order chi connectivity index (χ0) is 11.7. The number of nitrogens with one attached hydrogen (secondary N) is 1. The maximum absolute atomic E-state index is 4.34. The Morgan fingerprint density at radius 1 is 1.35 bits per heavy atom. The lowest BCUT2D eigenvalue weighted by atomic mass is 10.1. The summed E-state index contributed by atoms with van der Waals surface area (Å²) in [6.07, 6.45) is 8.07. The summed E-state index contributed by atoms with van der Waals surface area (Å²) in [5, 5.41) is 3.40. The molecule has 4 heteroatoms. The van der Waals surface area contributed by atoms with Gasteiger partial charge in [-0.3, -0.25) is 4.90 Å². The molecule has 2 saturated heterocycles. The van der Waals surface area contributed by atoms with Crippen LogP contribution >= 0.6 is 0 Å². The molecule has 2 aliphatic rings. The van der Waals surface area contributed by atoms with Gasteiger partial charge in [-0.1, -0.05) is 6.92 Å². The summed E-state index contributed by atoms with van der Waals surface area (Å²) < 4.78 is 2.42. The van der Waals surface area contributed by atoms with Crippen LogP contribution in [0.5, 0.6) is 0 Å². The number of hydrogen-bond acceptors (Lipinski definition) is 3. The highest BCUT2D eigenvalue weighted by Gasteiger charge is 2.38. The normalized spacial score (nSPS) is 28.8. The first-order valence-electron chi connectivity index (χ1n) is 6.85. The van der Waals surface area contributed by atoms with Gasteiger partial charge in [0.15, 0.2) is 0 Å². The number of rotatable bonds is 4. The van der Waals surface area contributed by atoms with Crippen LogP contribution in [0.2, 0.25) is 0 Å². The van der Waals surface area contributed by atoms with E-state index in [2.05, 4.69) is 26.7 Å². The second kappa shape index (κ2) is 4.78. The average molecular weight is 234 g/mol. The molecule has 0 aliphatic carbocycles. The SMILES string of the molecule is CCNCc1cncn1C1CCN2CCCC12. The third-order valence-electron chi connectivity index (χ3n) is 4.23. The number of hydrogen-bond donors (Lipinski definition) is 1. The topological polar surface area (TPSA) is 33.1 Å². The van der Waals surface area contributed by atoms with Crippen molar-refractivity contribution in [3.05, 3.63) is 18.2 Å². The molecular formula is C13H22N4. The third kappa shape index (κ3) is 2.00. The van der Waals surface area contributed by atoms with E-state index in [1.165, 1.54) is 38.0 Å². The molecular weight excluding hydrogens is 212 g/mol. The molecule has 2 atom stereocenters. The van der Waals surface area contributed by atoms with Crippen molar-refractivity contribution in [3.63, 3.8) is 0 Å². The maximum Gasteiger partial charge on any atom is 0.0951 e. The molecule has 0 saturated carbocycles. The number of nitrogens with zero attached hydrogens (tertiary/aromatic N) is 3. The fourth-order valence-electron chi connectivity index (χ4n) is 3.40. The van der Waals surface area contributed by atoms with E-state index in [-0.39, 0.29) is 0 Å². The summed E-state index contributed by atoms with van der Waals surface area (Å²) in [6.45, 7) is 6.69. The van der Waals surface area contributed by atoms with Crippen molar-refractivity contribution in [3.8, 4) is 0 Å². The van der Waals surface area contributed by atoms with Crippen molar-refractivity contribution in [1.82, 2.24) is 19.8 Å². The molecule has 1 aromatic heterocycles. The Hall–Kier alpha value is -0.870. The minimum Gasteiger partial charge on any atom is -0.329 e. The zero-order valence-corrected chi connectivity index (χ0v) is 10.6. The lowest BCUT2D eigenvalue weighted by Crippen LogP contribution is -2.28. The first kappa shape index (κ1) is 11.2. The Balaban J connectivity index is 1.77. The van der Waals surface area contributed by atoms with Gasteiger partial charge >= 0.3 is 0 Å². The van der Waals surface area contributed by atoms with Crippen LogP contribution in [-0.2, 0) is 6.54 Å². The molecule has 1 N–H and O–H groups in total.